The molecule has 1 heterocycles. The number of pyridine rings is 1. The summed E-state index contributed by atoms with van der Waals surface area (Å²) < 4.78 is 7.14. The van der Waals surface area contributed by atoms with E-state index >= 15 is 0 Å². The zero-order valence-corrected chi connectivity index (χ0v) is 11.5. The molecule has 0 aromatic carbocycles. The Bertz CT molecular complexity index is 322. The highest BCUT2D eigenvalue weighted by Crippen LogP contribution is 2.24. The van der Waals surface area contributed by atoms with Gasteiger partial charge in [-0.3, -0.25) is 10.8 Å². The highest BCUT2D eigenvalue weighted by atomic mass is 79.9. The minimum atomic E-state index is -0.104. The Kier molecular flexibility index (Phi) is 5.70. The van der Waals surface area contributed by atoms with Crippen molar-refractivity contribution in [3.05, 3.63) is 26.9 Å². The lowest BCUT2D eigenvalue weighted by Crippen LogP contribution is -2.32. The van der Waals surface area contributed by atoms with Gasteiger partial charge in [0.15, 0.2) is 0 Å². The van der Waals surface area contributed by atoms with E-state index < -0.39 is 0 Å². The number of halogens is 2. The van der Waals surface area contributed by atoms with Crippen LogP contribution in [0.2, 0.25) is 0 Å². The molecule has 1 unspecified atom stereocenters. The summed E-state index contributed by atoms with van der Waals surface area (Å²) in [6.07, 6.45) is 1.73. The van der Waals surface area contributed by atoms with Crippen molar-refractivity contribution >= 4 is 31.9 Å². The van der Waals surface area contributed by atoms with E-state index in [9.17, 15) is 0 Å². The number of nitrogens with zero attached hydrogens (tertiary/aromatic N) is 1. The second-order valence-electron chi connectivity index (χ2n) is 2.90. The second-order valence-corrected chi connectivity index (χ2v) is 4.67. The maximum Gasteiger partial charge on any atom is 0.0876 e. The average molecular weight is 339 g/mol. The molecule has 0 aliphatic carbocycles. The van der Waals surface area contributed by atoms with E-state index in [0.717, 1.165) is 14.6 Å². The molecule has 0 bridgehead atoms. The molecule has 1 atom stereocenters. The molecular weight excluding hydrogens is 326 g/mol. The normalized spacial score (nSPS) is 12.8. The lowest BCUT2D eigenvalue weighted by atomic mass is 10.2. The maximum atomic E-state index is 5.45. The van der Waals surface area contributed by atoms with Crippen molar-refractivity contribution in [3.8, 4) is 0 Å². The average Bonchev–Trinajstić information content (AvgIpc) is 2.21. The molecule has 3 N–H and O–H groups in total. The van der Waals surface area contributed by atoms with Crippen LogP contribution in [0.3, 0.4) is 0 Å². The molecule has 1 rings (SSSR count). The van der Waals surface area contributed by atoms with Crippen molar-refractivity contribution in [1.82, 2.24) is 10.4 Å². The van der Waals surface area contributed by atoms with E-state index in [2.05, 4.69) is 42.3 Å². The van der Waals surface area contributed by atoms with Gasteiger partial charge in [-0.25, -0.2) is 5.43 Å². The molecule has 4 nitrogen and oxygen atoms in total. The first-order valence-corrected chi connectivity index (χ1v) is 6.12. The first kappa shape index (κ1) is 13.1. The predicted octanol–water partition coefficient (Wildman–Crippen LogP) is 2.15. The number of ether oxygens (including phenoxy) is 1. The first-order valence-electron chi connectivity index (χ1n) is 4.53. The van der Waals surface area contributed by atoms with Gasteiger partial charge in [0, 0.05) is 21.7 Å². The number of nitrogens with one attached hydrogen (secondary N) is 1. The summed E-state index contributed by atoms with van der Waals surface area (Å²) >= 11 is 6.78. The topological polar surface area (TPSA) is 60.2 Å². The lowest BCUT2D eigenvalue weighted by molar-refractivity contribution is 0.122. The standard InChI is InChI=1S/C9H13Br2N3O/c1-2-15-5-8(14-12)9-7(11)3-6(10)4-13-9/h3-4,8,14H,2,5,12H2,1H3. The highest BCUT2D eigenvalue weighted by Gasteiger charge is 2.14. The van der Waals surface area contributed by atoms with Gasteiger partial charge in [-0.1, -0.05) is 0 Å². The van der Waals surface area contributed by atoms with Gasteiger partial charge < -0.3 is 4.74 Å². The van der Waals surface area contributed by atoms with Crippen LogP contribution in [0.1, 0.15) is 18.7 Å². The van der Waals surface area contributed by atoms with E-state index in [4.69, 9.17) is 10.6 Å². The molecule has 0 amide bonds. The van der Waals surface area contributed by atoms with Gasteiger partial charge in [0.05, 0.1) is 18.3 Å². The second kappa shape index (κ2) is 6.55. The van der Waals surface area contributed by atoms with Crippen molar-refractivity contribution in [2.75, 3.05) is 13.2 Å². The third kappa shape index (κ3) is 3.81. The number of hydrogen-bond donors (Lipinski definition) is 2. The molecule has 1 aromatic heterocycles. The largest absolute Gasteiger partial charge is 0.380 e. The fourth-order valence-electron chi connectivity index (χ4n) is 1.12. The van der Waals surface area contributed by atoms with E-state index in [1.807, 2.05) is 13.0 Å². The fraction of sp³-hybridized carbons (Fsp3) is 0.444. The molecule has 0 radical (unpaired) electrons. The van der Waals surface area contributed by atoms with E-state index in [0.29, 0.717) is 13.2 Å². The van der Waals surface area contributed by atoms with Crippen LogP contribution >= 0.6 is 31.9 Å². The molecule has 0 aliphatic heterocycles. The van der Waals surface area contributed by atoms with Crippen LogP contribution in [-0.2, 0) is 4.74 Å². The molecular formula is C9H13Br2N3O. The first-order chi connectivity index (χ1) is 7.19. The van der Waals surface area contributed by atoms with Gasteiger partial charge in [-0.2, -0.15) is 0 Å². The predicted molar refractivity (Wildman–Crippen MR) is 66.2 cm³/mol. The Morgan fingerprint density at radius 2 is 2.33 bits per heavy atom. The van der Waals surface area contributed by atoms with Crippen LogP contribution in [0, 0.1) is 0 Å². The van der Waals surface area contributed by atoms with Crippen LogP contribution < -0.4 is 11.3 Å². The van der Waals surface area contributed by atoms with Gasteiger partial charge >= 0.3 is 0 Å². The Labute approximate surface area is 106 Å². The number of hydrogen-bond acceptors (Lipinski definition) is 4. The Morgan fingerprint density at radius 3 is 2.87 bits per heavy atom. The zero-order valence-electron chi connectivity index (χ0n) is 8.34. The van der Waals surface area contributed by atoms with Crippen LogP contribution in [-0.4, -0.2) is 18.2 Å². The minimum absolute atomic E-state index is 0.104. The van der Waals surface area contributed by atoms with Crippen molar-refractivity contribution in [1.29, 1.82) is 0 Å². The van der Waals surface area contributed by atoms with Crippen molar-refractivity contribution in [2.45, 2.75) is 13.0 Å². The van der Waals surface area contributed by atoms with Gasteiger partial charge in [-0.05, 0) is 44.8 Å². The van der Waals surface area contributed by atoms with Gasteiger partial charge in [0.2, 0.25) is 0 Å². The maximum absolute atomic E-state index is 5.45. The summed E-state index contributed by atoms with van der Waals surface area (Å²) in [6.45, 7) is 3.10. The SMILES string of the molecule is CCOCC(NN)c1ncc(Br)cc1Br. The molecule has 0 fully saturated rings. The molecule has 0 saturated heterocycles. The molecule has 6 heteroatoms. The Balaban J connectivity index is 2.81. The highest BCUT2D eigenvalue weighted by molar-refractivity contribution is 9.11. The summed E-state index contributed by atoms with van der Waals surface area (Å²) in [5.74, 6) is 5.45. The third-order valence-corrected chi connectivity index (χ3v) is 2.92. The van der Waals surface area contributed by atoms with Crippen LogP contribution in [0.15, 0.2) is 21.2 Å². The number of aromatic nitrogens is 1. The van der Waals surface area contributed by atoms with Crippen molar-refractivity contribution in [2.24, 2.45) is 5.84 Å². The number of rotatable bonds is 5. The Morgan fingerprint density at radius 1 is 1.60 bits per heavy atom. The van der Waals surface area contributed by atoms with Gasteiger partial charge in [0.1, 0.15) is 0 Å². The molecule has 0 saturated carbocycles. The molecule has 84 valence electrons. The third-order valence-electron chi connectivity index (χ3n) is 1.86. The number of hydrazine groups is 1. The van der Waals surface area contributed by atoms with Crippen LogP contribution in [0.5, 0.6) is 0 Å². The summed E-state index contributed by atoms with van der Waals surface area (Å²) in [5, 5.41) is 0. The quantitative estimate of drug-likeness (QED) is 0.638. The van der Waals surface area contributed by atoms with E-state index in [-0.39, 0.29) is 6.04 Å². The van der Waals surface area contributed by atoms with Crippen molar-refractivity contribution in [3.63, 3.8) is 0 Å². The molecule has 0 spiro atoms. The summed E-state index contributed by atoms with van der Waals surface area (Å²) in [6, 6.07) is 1.82. The van der Waals surface area contributed by atoms with Crippen LogP contribution in [0.25, 0.3) is 0 Å². The van der Waals surface area contributed by atoms with Gasteiger partial charge in [-0.15, -0.1) is 0 Å². The zero-order chi connectivity index (χ0) is 11.3. The van der Waals surface area contributed by atoms with Crippen LogP contribution in [0.4, 0.5) is 0 Å². The van der Waals surface area contributed by atoms with E-state index in [1.165, 1.54) is 0 Å². The summed E-state index contributed by atoms with van der Waals surface area (Å²) in [7, 11) is 0. The monoisotopic (exact) mass is 337 g/mol. The van der Waals surface area contributed by atoms with Gasteiger partial charge in [0.25, 0.3) is 0 Å². The minimum Gasteiger partial charge on any atom is -0.380 e. The van der Waals surface area contributed by atoms with E-state index in [1.54, 1.807) is 6.20 Å². The fourth-order valence-corrected chi connectivity index (χ4v) is 2.39. The Hall–Kier alpha value is -0.0100. The summed E-state index contributed by atoms with van der Waals surface area (Å²) in [5.41, 5.74) is 3.52. The molecule has 1 aromatic rings. The van der Waals surface area contributed by atoms with Crippen molar-refractivity contribution < 1.29 is 4.74 Å². The molecule has 15 heavy (non-hydrogen) atoms. The summed E-state index contributed by atoms with van der Waals surface area (Å²) in [4.78, 5) is 4.29. The lowest BCUT2D eigenvalue weighted by Gasteiger charge is -2.16. The molecule has 0 aliphatic rings. The number of nitrogens with two attached hydrogens (primary N) is 1. The smallest absolute Gasteiger partial charge is 0.0876 e.